The average Bonchev–Trinajstić information content (AvgIpc) is 2.77. The first-order valence-electron chi connectivity index (χ1n) is 9.54. The van der Waals surface area contributed by atoms with Gasteiger partial charge in [0.05, 0.1) is 7.11 Å². The maximum Gasteiger partial charge on any atom is 0.266 e. The van der Waals surface area contributed by atoms with Crippen LogP contribution in [0.2, 0.25) is 0 Å². The molecule has 0 saturated carbocycles. The van der Waals surface area contributed by atoms with Crippen molar-refractivity contribution in [1.82, 2.24) is 0 Å². The summed E-state index contributed by atoms with van der Waals surface area (Å²) in [6.45, 7) is 2.32. The highest BCUT2D eigenvalue weighted by atomic mass is 79.9. The van der Waals surface area contributed by atoms with Gasteiger partial charge in [-0.3, -0.25) is 4.79 Å². The number of benzene rings is 3. The maximum absolute atomic E-state index is 12.6. The third-order valence-corrected chi connectivity index (χ3v) is 5.15. The lowest BCUT2D eigenvalue weighted by atomic mass is 10.1. The van der Waals surface area contributed by atoms with Gasteiger partial charge in [-0.2, -0.15) is 5.26 Å². The molecule has 0 fully saturated rings. The van der Waals surface area contributed by atoms with E-state index in [1.54, 1.807) is 25.3 Å². The second kappa shape index (κ2) is 10.5. The summed E-state index contributed by atoms with van der Waals surface area (Å²) < 4.78 is 12.0. The zero-order chi connectivity index (χ0) is 22.2. The normalized spacial score (nSPS) is 10.8. The number of ether oxygens (including phenoxy) is 2. The lowest BCUT2D eigenvalue weighted by Crippen LogP contribution is -2.13. The summed E-state index contributed by atoms with van der Waals surface area (Å²) in [5.41, 5.74) is 3.28. The monoisotopic (exact) mass is 476 g/mol. The molecule has 3 aromatic carbocycles. The molecule has 0 radical (unpaired) electrons. The Balaban J connectivity index is 1.82. The van der Waals surface area contributed by atoms with Crippen LogP contribution in [0.5, 0.6) is 11.5 Å². The molecule has 156 valence electrons. The van der Waals surface area contributed by atoms with Gasteiger partial charge in [0.15, 0.2) is 11.5 Å². The summed E-state index contributed by atoms with van der Waals surface area (Å²) in [4.78, 5) is 12.6. The van der Waals surface area contributed by atoms with Crippen molar-refractivity contribution in [2.45, 2.75) is 13.5 Å². The Morgan fingerprint density at radius 1 is 1.10 bits per heavy atom. The molecule has 0 bridgehead atoms. The van der Waals surface area contributed by atoms with Crippen LogP contribution in [0.25, 0.3) is 6.08 Å². The van der Waals surface area contributed by atoms with Gasteiger partial charge in [0.2, 0.25) is 0 Å². The number of methoxy groups -OCH3 is 1. The van der Waals surface area contributed by atoms with E-state index in [9.17, 15) is 10.1 Å². The quantitative estimate of drug-likeness (QED) is 0.340. The van der Waals surface area contributed by atoms with Gasteiger partial charge in [0, 0.05) is 10.2 Å². The molecule has 0 heterocycles. The third kappa shape index (κ3) is 5.97. The molecule has 0 aliphatic heterocycles. The van der Waals surface area contributed by atoms with Crippen LogP contribution in [0.1, 0.15) is 16.7 Å². The first-order valence-corrected chi connectivity index (χ1v) is 10.3. The number of hydrogen-bond donors (Lipinski definition) is 1. The number of nitriles is 1. The molecule has 0 saturated heterocycles. The van der Waals surface area contributed by atoms with Crippen molar-refractivity contribution in [3.8, 4) is 17.6 Å². The lowest BCUT2D eigenvalue weighted by molar-refractivity contribution is -0.112. The summed E-state index contributed by atoms with van der Waals surface area (Å²) in [7, 11) is 1.54. The van der Waals surface area contributed by atoms with E-state index in [0.29, 0.717) is 33.8 Å². The van der Waals surface area contributed by atoms with Crippen molar-refractivity contribution in [1.29, 1.82) is 5.26 Å². The summed E-state index contributed by atoms with van der Waals surface area (Å²) >= 11 is 3.50. The minimum absolute atomic E-state index is 0.0257. The van der Waals surface area contributed by atoms with Crippen LogP contribution in [-0.2, 0) is 11.4 Å². The molecular formula is C25H21BrN2O3. The van der Waals surface area contributed by atoms with Crippen LogP contribution >= 0.6 is 15.9 Å². The molecule has 0 atom stereocenters. The van der Waals surface area contributed by atoms with Gasteiger partial charge in [0.25, 0.3) is 5.91 Å². The molecule has 0 aromatic heterocycles. The summed E-state index contributed by atoms with van der Waals surface area (Å²) in [5.74, 6) is 0.572. The van der Waals surface area contributed by atoms with Gasteiger partial charge >= 0.3 is 0 Å². The molecule has 0 aliphatic rings. The second-order valence-electron chi connectivity index (χ2n) is 6.79. The van der Waals surface area contributed by atoms with Crippen LogP contribution < -0.4 is 14.8 Å². The van der Waals surface area contributed by atoms with Crippen molar-refractivity contribution in [2.24, 2.45) is 0 Å². The van der Waals surface area contributed by atoms with Crippen molar-refractivity contribution in [2.75, 3.05) is 12.4 Å². The van der Waals surface area contributed by atoms with Crippen LogP contribution in [0.3, 0.4) is 0 Å². The van der Waals surface area contributed by atoms with Gasteiger partial charge < -0.3 is 14.8 Å². The Kier molecular flexibility index (Phi) is 7.47. The Morgan fingerprint density at radius 3 is 2.55 bits per heavy atom. The first kappa shape index (κ1) is 22.1. The van der Waals surface area contributed by atoms with Crippen molar-refractivity contribution in [3.05, 3.63) is 93.5 Å². The number of nitrogens with one attached hydrogen (secondary N) is 1. The molecule has 3 aromatic rings. The summed E-state index contributed by atoms with van der Waals surface area (Å²) in [6, 6.07) is 22.6. The standard InChI is InChI=1S/C25H21BrN2O3/c1-17-7-6-10-21(11-17)28-25(29)20(15-27)12-19-13-23(30-2)24(14-22(19)26)31-16-18-8-4-3-5-9-18/h3-14H,16H2,1-2H3,(H,28,29). The van der Waals surface area contributed by atoms with Crippen LogP contribution in [0.4, 0.5) is 5.69 Å². The van der Waals surface area contributed by atoms with Gasteiger partial charge in [-0.25, -0.2) is 0 Å². The number of hydrogen-bond acceptors (Lipinski definition) is 4. The van der Waals surface area contributed by atoms with Gasteiger partial charge in [-0.1, -0.05) is 58.4 Å². The number of rotatable bonds is 7. The minimum Gasteiger partial charge on any atom is -0.493 e. The minimum atomic E-state index is -0.483. The number of anilines is 1. The van der Waals surface area contributed by atoms with Crippen molar-refractivity contribution in [3.63, 3.8) is 0 Å². The first-order chi connectivity index (χ1) is 15.0. The smallest absolute Gasteiger partial charge is 0.266 e. The number of halogens is 1. The third-order valence-electron chi connectivity index (χ3n) is 4.46. The molecule has 31 heavy (non-hydrogen) atoms. The van der Waals surface area contributed by atoms with Crippen LogP contribution in [0.15, 0.2) is 76.8 Å². The molecule has 0 unspecified atom stereocenters. The highest BCUT2D eigenvalue weighted by Crippen LogP contribution is 2.35. The largest absolute Gasteiger partial charge is 0.493 e. The predicted octanol–water partition coefficient (Wildman–Crippen LogP) is 5.89. The number of amides is 1. The number of aryl methyl sites for hydroxylation is 1. The van der Waals surface area contributed by atoms with Crippen molar-refractivity contribution >= 4 is 33.6 Å². The zero-order valence-electron chi connectivity index (χ0n) is 17.2. The Morgan fingerprint density at radius 2 is 1.87 bits per heavy atom. The Labute approximate surface area is 190 Å². The topological polar surface area (TPSA) is 71.3 Å². The van der Waals surface area contributed by atoms with E-state index in [1.807, 2.05) is 61.5 Å². The maximum atomic E-state index is 12.6. The van der Waals surface area contributed by atoms with E-state index < -0.39 is 5.91 Å². The van der Waals surface area contributed by atoms with Crippen LogP contribution in [0, 0.1) is 18.3 Å². The van der Waals surface area contributed by atoms with E-state index in [4.69, 9.17) is 9.47 Å². The average molecular weight is 477 g/mol. The van der Waals surface area contributed by atoms with E-state index in [-0.39, 0.29) is 5.57 Å². The van der Waals surface area contributed by atoms with Crippen molar-refractivity contribution < 1.29 is 14.3 Å². The Hall–Kier alpha value is -3.56. The van der Waals surface area contributed by atoms with Gasteiger partial charge in [-0.05, 0) is 54.0 Å². The molecule has 6 heteroatoms. The summed E-state index contributed by atoms with van der Waals surface area (Å²) in [5, 5.41) is 12.3. The fourth-order valence-corrected chi connectivity index (χ4v) is 3.33. The number of carbonyl (C=O) groups excluding carboxylic acids is 1. The van der Waals surface area contributed by atoms with Gasteiger partial charge in [-0.15, -0.1) is 0 Å². The molecule has 3 rings (SSSR count). The summed E-state index contributed by atoms with van der Waals surface area (Å²) in [6.07, 6.45) is 1.51. The Bertz CT molecular complexity index is 1150. The highest BCUT2D eigenvalue weighted by Gasteiger charge is 2.14. The number of carbonyl (C=O) groups is 1. The SMILES string of the molecule is COc1cc(C=C(C#N)C(=O)Nc2cccc(C)c2)c(Br)cc1OCc1ccccc1. The second-order valence-corrected chi connectivity index (χ2v) is 7.65. The molecule has 5 nitrogen and oxygen atoms in total. The zero-order valence-corrected chi connectivity index (χ0v) is 18.8. The van der Waals surface area contributed by atoms with E-state index in [0.717, 1.165) is 11.1 Å². The molecular weight excluding hydrogens is 456 g/mol. The van der Waals surface area contributed by atoms with E-state index >= 15 is 0 Å². The van der Waals surface area contributed by atoms with E-state index in [2.05, 4.69) is 21.2 Å². The van der Waals surface area contributed by atoms with E-state index in [1.165, 1.54) is 6.08 Å². The van der Waals surface area contributed by atoms with Gasteiger partial charge in [0.1, 0.15) is 18.2 Å². The number of nitrogens with zero attached hydrogens (tertiary/aromatic N) is 1. The molecule has 1 amide bonds. The fraction of sp³-hybridized carbons (Fsp3) is 0.120. The highest BCUT2D eigenvalue weighted by molar-refractivity contribution is 9.10. The predicted molar refractivity (Wildman–Crippen MR) is 125 cm³/mol. The molecule has 0 spiro atoms. The molecule has 0 aliphatic carbocycles. The van der Waals surface area contributed by atoms with Crippen LogP contribution in [-0.4, -0.2) is 13.0 Å². The lowest BCUT2D eigenvalue weighted by Gasteiger charge is -2.13. The molecule has 1 N–H and O–H groups in total. The fourth-order valence-electron chi connectivity index (χ4n) is 2.89.